The van der Waals surface area contributed by atoms with Crippen LogP contribution in [0.5, 0.6) is 0 Å². The molecule has 1 aliphatic heterocycles. The van der Waals surface area contributed by atoms with E-state index in [9.17, 15) is 9.59 Å². The molecule has 4 heteroatoms. The summed E-state index contributed by atoms with van der Waals surface area (Å²) >= 11 is 0. The van der Waals surface area contributed by atoms with E-state index in [4.69, 9.17) is 4.74 Å². The van der Waals surface area contributed by atoms with Crippen LogP contribution in [0.15, 0.2) is 0 Å². The summed E-state index contributed by atoms with van der Waals surface area (Å²) in [6.07, 6.45) is 12.6. The van der Waals surface area contributed by atoms with Gasteiger partial charge in [0, 0.05) is 13.0 Å². The van der Waals surface area contributed by atoms with E-state index in [1.165, 1.54) is 56.3 Å². The number of hydrogen-bond acceptors (Lipinski definition) is 3. The number of rotatable bonds is 11. The SMILES string of the molecule is CCCCCCCCCCCCOC(=O)N1CCC1=O. The van der Waals surface area contributed by atoms with Crippen LogP contribution in [0.2, 0.25) is 0 Å². The van der Waals surface area contributed by atoms with Gasteiger partial charge in [-0.1, -0.05) is 64.7 Å². The number of amides is 2. The summed E-state index contributed by atoms with van der Waals surface area (Å²) in [7, 11) is 0. The first-order valence-electron chi connectivity index (χ1n) is 8.23. The second kappa shape index (κ2) is 10.7. The highest BCUT2D eigenvalue weighted by Crippen LogP contribution is 2.12. The van der Waals surface area contributed by atoms with Gasteiger partial charge in [-0.25, -0.2) is 9.69 Å². The van der Waals surface area contributed by atoms with Gasteiger partial charge in [-0.05, 0) is 6.42 Å². The Hall–Kier alpha value is -1.06. The number of nitrogens with zero attached hydrogens (tertiary/aromatic N) is 1. The number of likely N-dealkylation sites (tertiary alicyclic amines) is 1. The Balaban J connectivity index is 1.78. The molecule has 2 amide bonds. The largest absolute Gasteiger partial charge is 0.449 e. The van der Waals surface area contributed by atoms with Crippen molar-refractivity contribution in [3.8, 4) is 0 Å². The van der Waals surface area contributed by atoms with E-state index in [1.807, 2.05) is 0 Å². The van der Waals surface area contributed by atoms with Gasteiger partial charge < -0.3 is 4.74 Å². The van der Waals surface area contributed by atoms with Gasteiger partial charge >= 0.3 is 6.09 Å². The zero-order chi connectivity index (χ0) is 14.6. The molecule has 0 bridgehead atoms. The summed E-state index contributed by atoms with van der Waals surface area (Å²) in [5.41, 5.74) is 0. The van der Waals surface area contributed by atoms with Crippen LogP contribution in [0.1, 0.15) is 77.6 Å². The van der Waals surface area contributed by atoms with Crippen LogP contribution >= 0.6 is 0 Å². The maximum atomic E-state index is 11.4. The number of carbonyl (C=O) groups is 2. The molecule has 0 spiro atoms. The minimum atomic E-state index is -0.461. The topological polar surface area (TPSA) is 46.6 Å². The van der Waals surface area contributed by atoms with Crippen LogP contribution < -0.4 is 0 Å². The number of unbranched alkanes of at least 4 members (excludes halogenated alkanes) is 9. The number of imide groups is 1. The van der Waals surface area contributed by atoms with Crippen molar-refractivity contribution in [2.75, 3.05) is 13.2 Å². The molecule has 0 saturated carbocycles. The predicted molar refractivity (Wildman–Crippen MR) is 79.5 cm³/mol. The first kappa shape index (κ1) is 17.0. The fraction of sp³-hybridized carbons (Fsp3) is 0.875. The van der Waals surface area contributed by atoms with Crippen molar-refractivity contribution < 1.29 is 14.3 Å². The summed E-state index contributed by atoms with van der Waals surface area (Å²) in [5, 5.41) is 0. The molecule has 0 aromatic heterocycles. The molecule has 116 valence electrons. The fourth-order valence-corrected chi connectivity index (χ4v) is 2.33. The minimum Gasteiger partial charge on any atom is -0.449 e. The first-order valence-corrected chi connectivity index (χ1v) is 8.23. The van der Waals surface area contributed by atoms with E-state index in [1.54, 1.807) is 0 Å². The summed E-state index contributed by atoms with van der Waals surface area (Å²) in [6, 6.07) is 0. The molecule has 1 aliphatic rings. The Labute approximate surface area is 122 Å². The monoisotopic (exact) mass is 283 g/mol. The maximum Gasteiger partial charge on any atom is 0.416 e. The third kappa shape index (κ3) is 6.92. The summed E-state index contributed by atoms with van der Waals surface area (Å²) in [4.78, 5) is 23.6. The van der Waals surface area contributed by atoms with Crippen molar-refractivity contribution in [2.45, 2.75) is 77.6 Å². The molecule has 1 heterocycles. The summed E-state index contributed by atoms with van der Waals surface area (Å²) in [6.45, 7) is 3.21. The molecule has 1 saturated heterocycles. The third-order valence-corrected chi connectivity index (χ3v) is 3.79. The quantitative estimate of drug-likeness (QED) is 0.420. The van der Waals surface area contributed by atoms with Crippen molar-refractivity contribution >= 4 is 12.0 Å². The average molecular weight is 283 g/mol. The molecule has 0 aromatic rings. The highest BCUT2D eigenvalue weighted by Gasteiger charge is 2.30. The smallest absolute Gasteiger partial charge is 0.416 e. The Morgan fingerprint density at radius 1 is 1.00 bits per heavy atom. The normalized spacial score (nSPS) is 14.2. The van der Waals surface area contributed by atoms with Crippen molar-refractivity contribution in [1.82, 2.24) is 4.90 Å². The van der Waals surface area contributed by atoms with E-state index in [0.29, 0.717) is 19.6 Å². The van der Waals surface area contributed by atoms with Crippen molar-refractivity contribution in [2.24, 2.45) is 0 Å². The van der Waals surface area contributed by atoms with Gasteiger partial charge in [-0.2, -0.15) is 0 Å². The van der Waals surface area contributed by atoms with Crippen LogP contribution in [-0.4, -0.2) is 30.1 Å². The predicted octanol–water partition coefficient (Wildman–Crippen LogP) is 4.28. The molecule has 0 aliphatic carbocycles. The van der Waals surface area contributed by atoms with E-state index in [-0.39, 0.29) is 5.91 Å². The molecular formula is C16H29NO3. The molecule has 1 rings (SSSR count). The first-order chi connectivity index (χ1) is 9.75. The van der Waals surface area contributed by atoms with E-state index in [2.05, 4.69) is 6.92 Å². The Kier molecular flexibility index (Phi) is 9.09. The second-order valence-electron chi connectivity index (χ2n) is 5.59. The van der Waals surface area contributed by atoms with Crippen molar-refractivity contribution in [3.05, 3.63) is 0 Å². The van der Waals surface area contributed by atoms with Gasteiger partial charge in [0.2, 0.25) is 5.91 Å². The van der Waals surface area contributed by atoms with E-state index >= 15 is 0 Å². The van der Waals surface area contributed by atoms with Crippen LogP contribution in [0.3, 0.4) is 0 Å². The van der Waals surface area contributed by atoms with Crippen LogP contribution in [0.4, 0.5) is 4.79 Å². The Bertz CT molecular complexity index is 291. The molecule has 0 N–H and O–H groups in total. The van der Waals surface area contributed by atoms with Crippen molar-refractivity contribution in [3.63, 3.8) is 0 Å². The lowest BCUT2D eigenvalue weighted by Crippen LogP contribution is -2.47. The fourth-order valence-electron chi connectivity index (χ4n) is 2.33. The van der Waals surface area contributed by atoms with Gasteiger partial charge in [-0.15, -0.1) is 0 Å². The molecule has 20 heavy (non-hydrogen) atoms. The van der Waals surface area contributed by atoms with Gasteiger partial charge in [0.25, 0.3) is 0 Å². The van der Waals surface area contributed by atoms with E-state index in [0.717, 1.165) is 12.8 Å². The van der Waals surface area contributed by atoms with Crippen LogP contribution in [0, 0.1) is 0 Å². The molecule has 0 aromatic carbocycles. The zero-order valence-electron chi connectivity index (χ0n) is 12.9. The number of β-lactam (4-membered cyclic amide) rings is 1. The molecule has 0 unspecified atom stereocenters. The summed E-state index contributed by atoms with van der Waals surface area (Å²) < 4.78 is 5.05. The van der Waals surface area contributed by atoms with Gasteiger partial charge in [-0.3, -0.25) is 4.79 Å². The van der Waals surface area contributed by atoms with Gasteiger partial charge in [0.15, 0.2) is 0 Å². The maximum absolute atomic E-state index is 11.4. The Morgan fingerprint density at radius 2 is 1.55 bits per heavy atom. The third-order valence-electron chi connectivity index (χ3n) is 3.79. The highest BCUT2D eigenvalue weighted by molar-refractivity contribution is 5.96. The molecule has 1 fully saturated rings. The lowest BCUT2D eigenvalue weighted by atomic mass is 10.1. The summed E-state index contributed by atoms with van der Waals surface area (Å²) in [5.74, 6) is -0.113. The average Bonchev–Trinajstić information content (AvgIpc) is 2.43. The van der Waals surface area contributed by atoms with Crippen molar-refractivity contribution in [1.29, 1.82) is 0 Å². The van der Waals surface area contributed by atoms with Gasteiger partial charge in [0.1, 0.15) is 0 Å². The van der Waals surface area contributed by atoms with Crippen LogP contribution in [0.25, 0.3) is 0 Å². The van der Waals surface area contributed by atoms with Crippen LogP contribution in [-0.2, 0) is 9.53 Å². The standard InChI is InChI=1S/C16H29NO3/c1-2-3-4-5-6-7-8-9-10-11-14-20-16(19)17-13-12-15(17)18/h2-14H2,1H3. The zero-order valence-corrected chi connectivity index (χ0v) is 12.9. The molecule has 4 nitrogen and oxygen atoms in total. The van der Waals surface area contributed by atoms with Gasteiger partial charge in [0.05, 0.1) is 6.61 Å². The molecular weight excluding hydrogens is 254 g/mol. The number of carbonyl (C=O) groups excluding carboxylic acids is 2. The Morgan fingerprint density at radius 3 is 2.00 bits per heavy atom. The molecule has 0 atom stereocenters. The second-order valence-corrected chi connectivity index (χ2v) is 5.59. The van der Waals surface area contributed by atoms with E-state index < -0.39 is 6.09 Å². The number of ether oxygens (including phenoxy) is 1. The lowest BCUT2D eigenvalue weighted by Gasteiger charge is -2.27. The lowest BCUT2D eigenvalue weighted by molar-refractivity contribution is -0.137. The number of hydrogen-bond donors (Lipinski definition) is 0. The minimum absolute atomic E-state index is 0.113. The molecule has 0 radical (unpaired) electrons. The highest BCUT2D eigenvalue weighted by atomic mass is 16.6.